The standard InChI is InChI=1S/C17H16N4O5S/c1-10-13(5-6-26-10)16-19-20-17(27-9-15(23)24)21(16)18-8-11-7-12(25-2)3-4-14(11)22/h3-8,22H,9H2,1-2H3,(H,23,24)/p-1/b18-8+. The molecule has 0 radical (unpaired) electrons. The monoisotopic (exact) mass is 387 g/mol. The van der Waals surface area contributed by atoms with Gasteiger partial charge in [-0.25, -0.2) is 0 Å². The number of hydrogen-bond donors (Lipinski definition) is 1. The fourth-order valence-corrected chi connectivity index (χ4v) is 2.85. The predicted molar refractivity (Wildman–Crippen MR) is 95.8 cm³/mol. The number of carboxylic acids is 1. The third-order valence-corrected chi connectivity index (χ3v) is 4.47. The van der Waals surface area contributed by atoms with Crippen molar-refractivity contribution in [2.75, 3.05) is 12.9 Å². The molecule has 0 aliphatic rings. The summed E-state index contributed by atoms with van der Waals surface area (Å²) in [6.07, 6.45) is 2.92. The van der Waals surface area contributed by atoms with Crippen LogP contribution in [0.3, 0.4) is 0 Å². The highest BCUT2D eigenvalue weighted by Gasteiger charge is 2.17. The van der Waals surface area contributed by atoms with Gasteiger partial charge < -0.3 is 24.2 Å². The number of aromatic hydroxyl groups is 1. The Morgan fingerprint density at radius 2 is 2.26 bits per heavy atom. The zero-order chi connectivity index (χ0) is 19.4. The molecule has 0 spiro atoms. The van der Waals surface area contributed by atoms with Gasteiger partial charge in [0.05, 0.1) is 31.1 Å². The number of carbonyl (C=O) groups excluding carboxylic acids is 1. The van der Waals surface area contributed by atoms with E-state index in [1.54, 1.807) is 25.1 Å². The SMILES string of the molecule is COc1ccc(O)c(/C=N/n2c(SCC(=O)[O-])nnc2-c2ccoc2C)c1. The average Bonchev–Trinajstić information content (AvgIpc) is 3.24. The van der Waals surface area contributed by atoms with E-state index < -0.39 is 5.97 Å². The zero-order valence-corrected chi connectivity index (χ0v) is 15.3. The maximum atomic E-state index is 10.8. The van der Waals surface area contributed by atoms with Crippen molar-refractivity contribution < 1.29 is 24.2 Å². The van der Waals surface area contributed by atoms with Crippen molar-refractivity contribution in [3.63, 3.8) is 0 Å². The van der Waals surface area contributed by atoms with Crippen molar-refractivity contribution >= 4 is 23.9 Å². The molecule has 0 saturated carbocycles. The van der Waals surface area contributed by atoms with E-state index in [0.717, 1.165) is 11.8 Å². The van der Waals surface area contributed by atoms with Crippen LogP contribution in [0.5, 0.6) is 11.5 Å². The van der Waals surface area contributed by atoms with E-state index in [1.165, 1.54) is 30.3 Å². The van der Waals surface area contributed by atoms with Crippen LogP contribution in [0.1, 0.15) is 11.3 Å². The van der Waals surface area contributed by atoms with E-state index >= 15 is 0 Å². The number of phenolic OH excluding ortho intramolecular Hbond substituents is 1. The Morgan fingerprint density at radius 3 is 2.93 bits per heavy atom. The molecule has 0 unspecified atom stereocenters. The van der Waals surface area contributed by atoms with Gasteiger partial charge in [-0.1, -0.05) is 11.8 Å². The van der Waals surface area contributed by atoms with Crippen LogP contribution in [0.4, 0.5) is 0 Å². The summed E-state index contributed by atoms with van der Waals surface area (Å²) in [6.45, 7) is 1.76. The smallest absolute Gasteiger partial charge is 0.212 e. The van der Waals surface area contributed by atoms with Crippen molar-refractivity contribution in [1.29, 1.82) is 0 Å². The third-order valence-electron chi connectivity index (χ3n) is 3.58. The van der Waals surface area contributed by atoms with Gasteiger partial charge in [0, 0.05) is 11.3 Å². The second-order valence-electron chi connectivity index (χ2n) is 5.34. The fourth-order valence-electron chi connectivity index (χ4n) is 2.25. The molecule has 0 fully saturated rings. The lowest BCUT2D eigenvalue weighted by molar-refractivity contribution is -0.301. The first-order chi connectivity index (χ1) is 13.0. The molecule has 0 aliphatic heterocycles. The summed E-state index contributed by atoms with van der Waals surface area (Å²) in [6, 6.07) is 6.42. The number of methoxy groups -OCH3 is 1. The Balaban J connectivity index is 2.02. The maximum absolute atomic E-state index is 10.8. The zero-order valence-electron chi connectivity index (χ0n) is 14.4. The van der Waals surface area contributed by atoms with Gasteiger partial charge in [0.25, 0.3) is 0 Å². The minimum Gasteiger partial charge on any atom is -0.549 e. The number of carbonyl (C=O) groups is 1. The summed E-state index contributed by atoms with van der Waals surface area (Å²) >= 11 is 0.922. The van der Waals surface area contributed by atoms with Crippen LogP contribution in [0.15, 0.2) is 45.2 Å². The molecule has 0 atom stereocenters. The second kappa shape index (κ2) is 7.96. The number of hydrogen-bond acceptors (Lipinski definition) is 9. The van der Waals surface area contributed by atoms with Crippen molar-refractivity contribution in [3.05, 3.63) is 41.9 Å². The molecule has 27 heavy (non-hydrogen) atoms. The van der Waals surface area contributed by atoms with Crippen LogP contribution in [-0.4, -0.2) is 45.0 Å². The first-order valence-electron chi connectivity index (χ1n) is 7.73. The maximum Gasteiger partial charge on any atom is 0.212 e. The summed E-state index contributed by atoms with van der Waals surface area (Å²) in [7, 11) is 1.52. The van der Waals surface area contributed by atoms with Gasteiger partial charge in [-0.05, 0) is 31.2 Å². The Bertz CT molecular complexity index is 995. The molecule has 140 valence electrons. The van der Waals surface area contributed by atoms with E-state index in [9.17, 15) is 15.0 Å². The fraction of sp³-hybridized carbons (Fsp3) is 0.176. The lowest BCUT2D eigenvalue weighted by atomic mass is 10.2. The molecule has 1 N–H and O–H groups in total. The van der Waals surface area contributed by atoms with Crippen LogP contribution >= 0.6 is 11.8 Å². The largest absolute Gasteiger partial charge is 0.549 e. The number of phenols is 1. The molecule has 0 aliphatic carbocycles. The molecule has 0 amide bonds. The number of rotatable bonds is 7. The highest BCUT2D eigenvalue weighted by molar-refractivity contribution is 7.99. The molecule has 3 rings (SSSR count). The number of nitrogens with zero attached hydrogens (tertiary/aromatic N) is 4. The van der Waals surface area contributed by atoms with E-state index in [1.807, 2.05) is 0 Å². The van der Waals surface area contributed by atoms with E-state index in [-0.39, 0.29) is 16.7 Å². The lowest BCUT2D eigenvalue weighted by Crippen LogP contribution is -2.24. The number of aromatic nitrogens is 3. The number of aliphatic carboxylic acids is 1. The lowest BCUT2D eigenvalue weighted by Gasteiger charge is -2.06. The summed E-state index contributed by atoms with van der Waals surface area (Å²) in [5.74, 6) is 0.0148. The molecule has 2 aromatic heterocycles. The number of benzene rings is 1. The number of ether oxygens (including phenoxy) is 1. The number of aryl methyl sites for hydroxylation is 1. The van der Waals surface area contributed by atoms with Gasteiger partial charge >= 0.3 is 0 Å². The van der Waals surface area contributed by atoms with Gasteiger partial charge in [0.1, 0.15) is 17.3 Å². The first kappa shape index (κ1) is 18.5. The summed E-state index contributed by atoms with van der Waals surface area (Å²) in [4.78, 5) is 10.8. The molecular weight excluding hydrogens is 372 g/mol. The molecule has 9 nitrogen and oxygen atoms in total. The van der Waals surface area contributed by atoms with Gasteiger partial charge in [-0.2, -0.15) is 9.78 Å². The van der Waals surface area contributed by atoms with Gasteiger partial charge in [-0.15, -0.1) is 10.2 Å². The van der Waals surface area contributed by atoms with Crippen LogP contribution in [0.2, 0.25) is 0 Å². The molecule has 3 aromatic rings. The number of carboxylic acid groups (broad SMARTS) is 1. The third kappa shape index (κ3) is 4.11. The number of furan rings is 1. The highest BCUT2D eigenvalue weighted by atomic mass is 32.2. The molecule has 1 aromatic carbocycles. The molecule has 2 heterocycles. The second-order valence-corrected chi connectivity index (χ2v) is 6.28. The summed E-state index contributed by atoms with van der Waals surface area (Å²) in [5, 5.41) is 33.4. The Kier molecular flexibility index (Phi) is 5.46. The topological polar surface area (TPSA) is 126 Å². The minimum atomic E-state index is -1.23. The van der Waals surface area contributed by atoms with Gasteiger partial charge in [0.15, 0.2) is 5.82 Å². The van der Waals surface area contributed by atoms with Gasteiger partial charge in [-0.3, -0.25) is 0 Å². The van der Waals surface area contributed by atoms with Crippen molar-refractivity contribution in [2.24, 2.45) is 5.10 Å². The Morgan fingerprint density at radius 1 is 1.44 bits per heavy atom. The van der Waals surface area contributed by atoms with Crippen LogP contribution in [-0.2, 0) is 4.79 Å². The Hall–Kier alpha value is -3.27. The molecule has 0 bridgehead atoms. The molecule has 0 saturated heterocycles. The van der Waals surface area contributed by atoms with E-state index in [4.69, 9.17) is 9.15 Å². The van der Waals surface area contributed by atoms with Crippen LogP contribution < -0.4 is 9.84 Å². The molecule has 10 heteroatoms. The first-order valence-corrected chi connectivity index (χ1v) is 8.72. The summed E-state index contributed by atoms with van der Waals surface area (Å²) in [5.41, 5.74) is 1.07. The minimum absolute atomic E-state index is 0.0117. The normalized spacial score (nSPS) is 11.2. The van der Waals surface area contributed by atoms with E-state index in [0.29, 0.717) is 28.5 Å². The highest BCUT2D eigenvalue weighted by Crippen LogP contribution is 2.27. The average molecular weight is 387 g/mol. The van der Waals surface area contributed by atoms with Gasteiger partial charge in [0.2, 0.25) is 5.16 Å². The van der Waals surface area contributed by atoms with Crippen LogP contribution in [0.25, 0.3) is 11.4 Å². The van der Waals surface area contributed by atoms with E-state index in [2.05, 4.69) is 15.3 Å². The van der Waals surface area contributed by atoms with Crippen molar-refractivity contribution in [3.8, 4) is 22.9 Å². The quantitative estimate of drug-likeness (QED) is 0.475. The number of thioether (sulfide) groups is 1. The van der Waals surface area contributed by atoms with Crippen molar-refractivity contribution in [2.45, 2.75) is 12.1 Å². The summed E-state index contributed by atoms with van der Waals surface area (Å²) < 4.78 is 11.8. The van der Waals surface area contributed by atoms with Crippen LogP contribution in [0, 0.1) is 6.92 Å². The predicted octanol–water partition coefficient (Wildman–Crippen LogP) is 1.28. The Labute approximate surface area is 158 Å². The molecular formula is C17H15N4O5S-. The van der Waals surface area contributed by atoms with Crippen molar-refractivity contribution in [1.82, 2.24) is 14.9 Å².